The zero-order valence-corrected chi connectivity index (χ0v) is 9.50. The molecule has 0 heterocycles. The molecule has 0 aliphatic rings. The van der Waals surface area contributed by atoms with Gasteiger partial charge in [-0.1, -0.05) is 38.8 Å². The summed E-state index contributed by atoms with van der Waals surface area (Å²) in [5.74, 6) is 0.678. The summed E-state index contributed by atoms with van der Waals surface area (Å²) in [5.41, 5.74) is 0. The quantitative estimate of drug-likeness (QED) is 0.287. The Morgan fingerprint density at radius 1 is 1.21 bits per heavy atom. The van der Waals surface area contributed by atoms with Gasteiger partial charge in [0.1, 0.15) is 0 Å². The van der Waals surface area contributed by atoms with Gasteiger partial charge in [-0.2, -0.15) is 0 Å². The predicted molar refractivity (Wildman–Crippen MR) is 63.2 cm³/mol. The molecule has 0 aromatic rings. The van der Waals surface area contributed by atoms with E-state index in [1.165, 1.54) is 32.1 Å². The Morgan fingerprint density at radius 3 is 2.57 bits per heavy atom. The van der Waals surface area contributed by atoms with Gasteiger partial charge < -0.3 is 4.74 Å². The minimum absolute atomic E-state index is 0.678. The van der Waals surface area contributed by atoms with E-state index in [2.05, 4.69) is 20.1 Å². The van der Waals surface area contributed by atoms with E-state index >= 15 is 0 Å². The Balaban J connectivity index is 3.59. The van der Waals surface area contributed by atoms with Gasteiger partial charge in [-0.15, -0.1) is 6.58 Å². The molecule has 0 saturated heterocycles. The minimum Gasteiger partial charge on any atom is -0.502 e. The van der Waals surface area contributed by atoms with E-state index in [9.17, 15) is 0 Å². The first-order chi connectivity index (χ1) is 6.85. The molecule has 0 amide bonds. The molecule has 0 radical (unpaired) electrons. The molecule has 0 aliphatic carbocycles. The number of hydrogen-bond acceptors (Lipinski definition) is 1. The topological polar surface area (TPSA) is 9.23 Å². The summed E-state index contributed by atoms with van der Waals surface area (Å²) in [4.78, 5) is 0. The lowest BCUT2D eigenvalue weighted by Gasteiger charge is -2.14. The highest BCUT2D eigenvalue weighted by atomic mass is 16.5. The highest BCUT2D eigenvalue weighted by Gasteiger charge is 2.07. The van der Waals surface area contributed by atoms with Crippen molar-refractivity contribution in [2.75, 3.05) is 6.61 Å². The van der Waals surface area contributed by atoms with Crippen LogP contribution in [0.1, 0.15) is 45.4 Å². The Hall–Kier alpha value is -0.720. The van der Waals surface area contributed by atoms with Crippen molar-refractivity contribution >= 4 is 0 Å². The van der Waals surface area contributed by atoms with Crippen LogP contribution < -0.4 is 0 Å². The van der Waals surface area contributed by atoms with Crippen molar-refractivity contribution in [1.82, 2.24) is 0 Å². The molecule has 0 aliphatic heterocycles. The molecule has 0 spiro atoms. The van der Waals surface area contributed by atoms with Crippen molar-refractivity contribution in [1.29, 1.82) is 0 Å². The summed E-state index contributed by atoms with van der Waals surface area (Å²) in [7, 11) is 0. The van der Waals surface area contributed by atoms with Crippen molar-refractivity contribution in [2.24, 2.45) is 5.92 Å². The standard InChI is InChI=1S/C13H24O/c1-4-7-9-11-13(10-8-5-2)12-14-6-3/h5-6,13H,2-4,7-12H2,1H3. The number of unbranched alkanes of at least 4 members (excludes halogenated alkanes) is 2. The van der Waals surface area contributed by atoms with Crippen LogP contribution in [0.2, 0.25) is 0 Å². The van der Waals surface area contributed by atoms with Crippen LogP contribution in [-0.2, 0) is 4.74 Å². The fourth-order valence-corrected chi connectivity index (χ4v) is 1.55. The fourth-order valence-electron chi connectivity index (χ4n) is 1.55. The Labute approximate surface area is 88.9 Å². The maximum atomic E-state index is 5.25. The summed E-state index contributed by atoms with van der Waals surface area (Å²) < 4.78 is 5.25. The molecule has 0 rings (SSSR count). The Bertz CT molecular complexity index is 128. The SMILES string of the molecule is C=CCCC(CCCCC)COC=C. The summed E-state index contributed by atoms with van der Waals surface area (Å²) >= 11 is 0. The van der Waals surface area contributed by atoms with Crippen LogP contribution in [0.4, 0.5) is 0 Å². The summed E-state index contributed by atoms with van der Waals surface area (Å²) in [5, 5.41) is 0. The van der Waals surface area contributed by atoms with Crippen LogP contribution in [0.25, 0.3) is 0 Å². The molecule has 14 heavy (non-hydrogen) atoms. The van der Waals surface area contributed by atoms with Crippen molar-refractivity contribution in [3.63, 3.8) is 0 Å². The van der Waals surface area contributed by atoms with Gasteiger partial charge >= 0.3 is 0 Å². The van der Waals surface area contributed by atoms with Gasteiger partial charge in [-0.25, -0.2) is 0 Å². The highest BCUT2D eigenvalue weighted by molar-refractivity contribution is 4.70. The summed E-state index contributed by atoms with van der Waals surface area (Å²) in [6, 6.07) is 0. The number of hydrogen-bond donors (Lipinski definition) is 0. The van der Waals surface area contributed by atoms with E-state index in [0.717, 1.165) is 13.0 Å². The molecule has 1 atom stereocenters. The molecule has 0 bridgehead atoms. The van der Waals surface area contributed by atoms with E-state index < -0.39 is 0 Å². The summed E-state index contributed by atoms with van der Waals surface area (Å²) in [6.45, 7) is 10.4. The molecular formula is C13H24O. The van der Waals surface area contributed by atoms with Gasteiger partial charge in [0.05, 0.1) is 12.9 Å². The van der Waals surface area contributed by atoms with Crippen LogP contribution in [0.15, 0.2) is 25.5 Å². The van der Waals surface area contributed by atoms with Crippen molar-refractivity contribution < 1.29 is 4.74 Å². The first kappa shape index (κ1) is 13.3. The molecule has 0 saturated carbocycles. The number of rotatable bonds is 10. The zero-order chi connectivity index (χ0) is 10.6. The zero-order valence-electron chi connectivity index (χ0n) is 9.50. The van der Waals surface area contributed by atoms with Crippen molar-refractivity contribution in [3.05, 3.63) is 25.5 Å². The second kappa shape index (κ2) is 10.4. The van der Waals surface area contributed by atoms with Gasteiger partial charge in [-0.05, 0) is 25.2 Å². The average molecular weight is 196 g/mol. The molecule has 1 nitrogen and oxygen atoms in total. The Morgan fingerprint density at radius 2 is 2.00 bits per heavy atom. The molecule has 0 fully saturated rings. The smallest absolute Gasteiger partial charge is 0.0901 e. The second-order valence-electron chi connectivity index (χ2n) is 3.73. The van der Waals surface area contributed by atoms with E-state index in [1.807, 2.05) is 6.08 Å². The largest absolute Gasteiger partial charge is 0.502 e. The van der Waals surface area contributed by atoms with Crippen LogP contribution in [0.5, 0.6) is 0 Å². The third-order valence-corrected chi connectivity index (χ3v) is 2.44. The maximum absolute atomic E-state index is 5.25. The van der Waals surface area contributed by atoms with Crippen LogP contribution in [0, 0.1) is 5.92 Å². The summed E-state index contributed by atoms with van der Waals surface area (Å²) in [6.07, 6.45) is 11.0. The average Bonchev–Trinajstić information content (AvgIpc) is 2.21. The van der Waals surface area contributed by atoms with E-state index in [4.69, 9.17) is 4.74 Å². The van der Waals surface area contributed by atoms with Crippen LogP contribution in [-0.4, -0.2) is 6.61 Å². The maximum Gasteiger partial charge on any atom is 0.0901 e. The first-order valence-electron chi connectivity index (χ1n) is 5.68. The normalized spacial score (nSPS) is 12.1. The fraction of sp³-hybridized carbons (Fsp3) is 0.692. The molecule has 1 heteroatoms. The second-order valence-corrected chi connectivity index (χ2v) is 3.73. The van der Waals surface area contributed by atoms with Gasteiger partial charge in [-0.3, -0.25) is 0 Å². The highest BCUT2D eigenvalue weighted by Crippen LogP contribution is 2.16. The molecule has 0 N–H and O–H groups in total. The first-order valence-corrected chi connectivity index (χ1v) is 5.68. The van der Waals surface area contributed by atoms with Gasteiger partial charge in [0.2, 0.25) is 0 Å². The van der Waals surface area contributed by atoms with Crippen molar-refractivity contribution in [3.8, 4) is 0 Å². The third-order valence-electron chi connectivity index (χ3n) is 2.44. The molecule has 82 valence electrons. The molecule has 1 unspecified atom stereocenters. The minimum atomic E-state index is 0.678. The predicted octanol–water partition coefficient (Wildman–Crippen LogP) is 4.31. The molecule has 0 aromatic heterocycles. The van der Waals surface area contributed by atoms with Gasteiger partial charge in [0, 0.05) is 0 Å². The Kier molecular flexibility index (Phi) is 9.83. The van der Waals surface area contributed by atoms with E-state index in [0.29, 0.717) is 5.92 Å². The third kappa shape index (κ3) is 7.90. The number of allylic oxidation sites excluding steroid dienone is 1. The van der Waals surface area contributed by atoms with Crippen LogP contribution in [0.3, 0.4) is 0 Å². The molecular weight excluding hydrogens is 172 g/mol. The lowest BCUT2D eigenvalue weighted by atomic mass is 9.97. The van der Waals surface area contributed by atoms with Crippen LogP contribution >= 0.6 is 0 Å². The van der Waals surface area contributed by atoms with E-state index in [-0.39, 0.29) is 0 Å². The lowest BCUT2D eigenvalue weighted by molar-refractivity contribution is 0.181. The van der Waals surface area contributed by atoms with Gasteiger partial charge in [0.15, 0.2) is 0 Å². The van der Waals surface area contributed by atoms with E-state index in [1.54, 1.807) is 6.26 Å². The van der Waals surface area contributed by atoms with Crippen molar-refractivity contribution in [2.45, 2.75) is 45.4 Å². The lowest BCUT2D eigenvalue weighted by Crippen LogP contribution is -2.07. The monoisotopic (exact) mass is 196 g/mol. The number of ether oxygens (including phenoxy) is 1. The van der Waals surface area contributed by atoms with Gasteiger partial charge in [0.25, 0.3) is 0 Å². The molecule has 0 aromatic carbocycles.